The lowest BCUT2D eigenvalue weighted by atomic mass is 10.1. The SMILES string of the molecule is COc1ccc(OC)c([C@@H](C)NC(=O)c2ccc(CS(=O)(=O)N3CCCCC3)cc2)c1. The minimum atomic E-state index is -3.33. The predicted molar refractivity (Wildman–Crippen MR) is 120 cm³/mol. The second-order valence-electron chi connectivity index (χ2n) is 7.72. The smallest absolute Gasteiger partial charge is 0.251 e. The molecule has 0 unspecified atom stereocenters. The van der Waals surface area contributed by atoms with Crippen molar-refractivity contribution in [2.24, 2.45) is 0 Å². The van der Waals surface area contributed by atoms with E-state index in [1.165, 1.54) is 0 Å². The van der Waals surface area contributed by atoms with Gasteiger partial charge in [0.05, 0.1) is 26.0 Å². The number of amides is 1. The number of methoxy groups -OCH3 is 2. The van der Waals surface area contributed by atoms with Gasteiger partial charge in [-0.2, -0.15) is 0 Å². The number of nitrogens with zero attached hydrogens (tertiary/aromatic N) is 1. The topological polar surface area (TPSA) is 84.9 Å². The van der Waals surface area contributed by atoms with Crippen molar-refractivity contribution < 1.29 is 22.7 Å². The van der Waals surface area contributed by atoms with E-state index in [-0.39, 0.29) is 17.7 Å². The van der Waals surface area contributed by atoms with Crippen LogP contribution in [0.1, 0.15) is 53.7 Å². The molecule has 1 aliphatic rings. The second kappa shape index (κ2) is 10.2. The Bertz CT molecular complexity index is 999. The summed E-state index contributed by atoms with van der Waals surface area (Å²) in [6.45, 7) is 3.05. The monoisotopic (exact) mass is 446 g/mol. The molecule has 7 nitrogen and oxygen atoms in total. The molecule has 1 fully saturated rings. The maximum atomic E-state index is 12.7. The largest absolute Gasteiger partial charge is 0.497 e. The van der Waals surface area contributed by atoms with Crippen molar-refractivity contribution >= 4 is 15.9 Å². The first-order valence-corrected chi connectivity index (χ1v) is 12.0. The molecule has 1 N–H and O–H groups in total. The van der Waals surface area contributed by atoms with Crippen LogP contribution < -0.4 is 14.8 Å². The van der Waals surface area contributed by atoms with E-state index in [4.69, 9.17) is 9.47 Å². The lowest BCUT2D eigenvalue weighted by molar-refractivity contribution is 0.0939. The van der Waals surface area contributed by atoms with E-state index in [0.29, 0.717) is 35.7 Å². The Morgan fingerprint density at radius 2 is 1.71 bits per heavy atom. The van der Waals surface area contributed by atoms with Crippen LogP contribution in [0.4, 0.5) is 0 Å². The van der Waals surface area contributed by atoms with Crippen molar-refractivity contribution in [3.05, 3.63) is 59.2 Å². The van der Waals surface area contributed by atoms with Crippen LogP contribution >= 0.6 is 0 Å². The molecule has 8 heteroatoms. The summed E-state index contributed by atoms with van der Waals surface area (Å²) >= 11 is 0. The van der Waals surface area contributed by atoms with Gasteiger partial charge in [0.25, 0.3) is 5.91 Å². The number of hydrogen-bond acceptors (Lipinski definition) is 5. The van der Waals surface area contributed by atoms with Gasteiger partial charge in [0.1, 0.15) is 11.5 Å². The van der Waals surface area contributed by atoms with Crippen LogP contribution in [0.15, 0.2) is 42.5 Å². The zero-order chi connectivity index (χ0) is 22.4. The van der Waals surface area contributed by atoms with Crippen LogP contribution in [-0.2, 0) is 15.8 Å². The van der Waals surface area contributed by atoms with Gasteiger partial charge in [0.15, 0.2) is 0 Å². The van der Waals surface area contributed by atoms with Crippen molar-refractivity contribution in [2.45, 2.75) is 38.0 Å². The van der Waals surface area contributed by atoms with E-state index >= 15 is 0 Å². The molecule has 1 amide bonds. The summed E-state index contributed by atoms with van der Waals surface area (Å²) in [4.78, 5) is 12.7. The molecule has 0 aliphatic carbocycles. The van der Waals surface area contributed by atoms with Crippen LogP contribution in [0.5, 0.6) is 11.5 Å². The molecular weight excluding hydrogens is 416 g/mol. The van der Waals surface area contributed by atoms with Gasteiger partial charge in [-0.05, 0) is 55.7 Å². The van der Waals surface area contributed by atoms with Crippen LogP contribution in [-0.4, -0.2) is 45.9 Å². The molecule has 1 aliphatic heterocycles. The van der Waals surface area contributed by atoms with Crippen molar-refractivity contribution in [1.82, 2.24) is 9.62 Å². The number of nitrogens with one attached hydrogen (secondary N) is 1. The van der Waals surface area contributed by atoms with Crippen molar-refractivity contribution in [3.8, 4) is 11.5 Å². The Labute approximate surface area is 184 Å². The van der Waals surface area contributed by atoms with Gasteiger partial charge in [-0.15, -0.1) is 0 Å². The van der Waals surface area contributed by atoms with Gasteiger partial charge in [-0.1, -0.05) is 18.6 Å². The number of carbonyl (C=O) groups excluding carboxylic acids is 1. The number of piperidine rings is 1. The summed E-state index contributed by atoms with van der Waals surface area (Å²) in [6.07, 6.45) is 2.90. The van der Waals surface area contributed by atoms with Gasteiger partial charge in [0.2, 0.25) is 10.0 Å². The van der Waals surface area contributed by atoms with Gasteiger partial charge < -0.3 is 14.8 Å². The van der Waals surface area contributed by atoms with E-state index < -0.39 is 10.0 Å². The molecule has 1 heterocycles. The Balaban J connectivity index is 1.66. The first-order chi connectivity index (χ1) is 14.8. The van der Waals surface area contributed by atoms with Gasteiger partial charge in [-0.25, -0.2) is 12.7 Å². The fourth-order valence-electron chi connectivity index (χ4n) is 3.73. The first-order valence-electron chi connectivity index (χ1n) is 10.4. The summed E-state index contributed by atoms with van der Waals surface area (Å²) in [6, 6.07) is 11.8. The lowest BCUT2D eigenvalue weighted by Gasteiger charge is -2.25. The van der Waals surface area contributed by atoms with Gasteiger partial charge in [-0.3, -0.25) is 4.79 Å². The number of hydrogen-bond donors (Lipinski definition) is 1. The van der Waals surface area contributed by atoms with Crippen molar-refractivity contribution in [3.63, 3.8) is 0 Å². The minimum absolute atomic E-state index is 0.0493. The maximum Gasteiger partial charge on any atom is 0.251 e. The molecule has 0 saturated carbocycles. The lowest BCUT2D eigenvalue weighted by Crippen LogP contribution is -2.36. The standard InChI is InChI=1S/C23H30N2O5S/c1-17(21-15-20(29-2)11-12-22(21)30-3)24-23(26)19-9-7-18(8-10-19)16-31(27,28)25-13-5-4-6-14-25/h7-12,15,17H,4-6,13-14,16H2,1-3H3,(H,24,26)/t17-/m1/s1. The summed E-state index contributed by atoms with van der Waals surface area (Å²) in [5.41, 5.74) is 1.94. The summed E-state index contributed by atoms with van der Waals surface area (Å²) in [7, 11) is -0.167. The predicted octanol–water partition coefficient (Wildman–Crippen LogP) is 3.51. The molecule has 3 rings (SSSR count). The average molecular weight is 447 g/mol. The third-order valence-electron chi connectivity index (χ3n) is 5.52. The summed E-state index contributed by atoms with van der Waals surface area (Å²) < 4.78 is 37.5. The van der Waals surface area contributed by atoms with E-state index in [1.54, 1.807) is 54.9 Å². The van der Waals surface area contributed by atoms with Crippen LogP contribution in [0.25, 0.3) is 0 Å². The van der Waals surface area contributed by atoms with Crippen molar-refractivity contribution in [1.29, 1.82) is 0 Å². The molecule has 2 aromatic rings. The highest BCUT2D eigenvalue weighted by Crippen LogP contribution is 2.29. The Morgan fingerprint density at radius 1 is 1.03 bits per heavy atom. The molecular formula is C23H30N2O5S. The zero-order valence-electron chi connectivity index (χ0n) is 18.3. The molecule has 0 radical (unpaired) electrons. The quantitative estimate of drug-likeness (QED) is 0.671. The molecule has 0 spiro atoms. The molecule has 168 valence electrons. The molecule has 1 saturated heterocycles. The Hall–Kier alpha value is -2.58. The van der Waals surface area contributed by atoms with Gasteiger partial charge in [0, 0.05) is 24.2 Å². The van der Waals surface area contributed by atoms with Gasteiger partial charge >= 0.3 is 0 Å². The number of carbonyl (C=O) groups is 1. The highest BCUT2D eigenvalue weighted by atomic mass is 32.2. The maximum absolute atomic E-state index is 12.7. The highest BCUT2D eigenvalue weighted by Gasteiger charge is 2.24. The Kier molecular flexibility index (Phi) is 7.56. The summed E-state index contributed by atoms with van der Waals surface area (Å²) in [5, 5.41) is 2.96. The molecule has 31 heavy (non-hydrogen) atoms. The van der Waals surface area contributed by atoms with Crippen LogP contribution in [0.3, 0.4) is 0 Å². The van der Waals surface area contributed by atoms with Crippen LogP contribution in [0.2, 0.25) is 0 Å². The highest BCUT2D eigenvalue weighted by molar-refractivity contribution is 7.88. The molecule has 1 atom stereocenters. The first kappa shape index (κ1) is 23.1. The summed E-state index contributed by atoms with van der Waals surface area (Å²) in [5.74, 6) is 1.04. The third-order valence-corrected chi connectivity index (χ3v) is 7.37. The number of sulfonamides is 1. The fourth-order valence-corrected chi connectivity index (χ4v) is 5.34. The van der Waals surface area contributed by atoms with E-state index in [0.717, 1.165) is 24.8 Å². The van der Waals surface area contributed by atoms with E-state index in [1.807, 2.05) is 13.0 Å². The van der Waals surface area contributed by atoms with E-state index in [9.17, 15) is 13.2 Å². The van der Waals surface area contributed by atoms with Crippen molar-refractivity contribution in [2.75, 3.05) is 27.3 Å². The third kappa shape index (κ3) is 5.77. The normalized spacial score (nSPS) is 15.8. The van der Waals surface area contributed by atoms with E-state index in [2.05, 4.69) is 5.32 Å². The fraction of sp³-hybridized carbons (Fsp3) is 0.435. The Morgan fingerprint density at radius 3 is 2.32 bits per heavy atom. The molecule has 2 aromatic carbocycles. The average Bonchev–Trinajstić information content (AvgIpc) is 2.79. The van der Waals surface area contributed by atoms with Crippen LogP contribution in [0, 0.1) is 0 Å². The number of rotatable bonds is 8. The second-order valence-corrected chi connectivity index (χ2v) is 9.68. The molecule has 0 bridgehead atoms. The number of ether oxygens (including phenoxy) is 2. The number of benzene rings is 2. The minimum Gasteiger partial charge on any atom is -0.497 e. The zero-order valence-corrected chi connectivity index (χ0v) is 19.1. The molecule has 0 aromatic heterocycles.